The fourth-order valence-corrected chi connectivity index (χ4v) is 1.98. The molecule has 1 heterocycles. The molecule has 2 rings (SSSR count). The first kappa shape index (κ1) is 14.7. The molecule has 1 aromatic carbocycles. The predicted octanol–water partition coefficient (Wildman–Crippen LogP) is 2.14. The Kier molecular flexibility index (Phi) is 4.65. The van der Waals surface area contributed by atoms with E-state index in [1.165, 1.54) is 17.1 Å². The van der Waals surface area contributed by atoms with E-state index in [-0.39, 0.29) is 12.4 Å². The summed E-state index contributed by atoms with van der Waals surface area (Å²) in [6, 6.07) is 8.72. The summed E-state index contributed by atoms with van der Waals surface area (Å²) in [7, 11) is 0. The summed E-state index contributed by atoms with van der Waals surface area (Å²) in [5.41, 5.74) is 0.937. The second-order valence-electron chi connectivity index (χ2n) is 4.39. The molecule has 0 radical (unpaired) electrons. The molecule has 0 bridgehead atoms. The third-order valence-corrected chi connectivity index (χ3v) is 2.97. The molecule has 2 aromatic rings. The number of hydrogen-bond donors (Lipinski definition) is 0. The Hall–Kier alpha value is -2.70. The maximum absolute atomic E-state index is 12.1. The number of imidazole rings is 1. The van der Waals surface area contributed by atoms with Gasteiger partial charge < -0.3 is 14.9 Å². The normalized spacial score (nSPS) is 11.9. The summed E-state index contributed by atoms with van der Waals surface area (Å²) in [5, 5.41) is 10.7. The van der Waals surface area contributed by atoms with Gasteiger partial charge in [0.05, 0.1) is 6.61 Å². The van der Waals surface area contributed by atoms with Crippen LogP contribution in [-0.2, 0) is 16.0 Å². The molecule has 0 fully saturated rings. The molecule has 0 aliphatic rings. The van der Waals surface area contributed by atoms with Crippen LogP contribution in [0.25, 0.3) is 0 Å². The average molecular weight is 289 g/mol. The van der Waals surface area contributed by atoms with Crippen molar-refractivity contribution in [3.05, 3.63) is 58.5 Å². The molecule has 0 saturated carbocycles. The molecular formula is C14H15N3O4. The van der Waals surface area contributed by atoms with E-state index < -0.39 is 16.9 Å². The zero-order valence-electron chi connectivity index (χ0n) is 11.5. The van der Waals surface area contributed by atoms with Crippen LogP contribution < -0.4 is 0 Å². The highest BCUT2D eigenvalue weighted by Crippen LogP contribution is 2.19. The molecule has 0 N–H and O–H groups in total. The van der Waals surface area contributed by atoms with E-state index in [1.807, 2.05) is 30.3 Å². The second-order valence-corrected chi connectivity index (χ2v) is 4.39. The van der Waals surface area contributed by atoms with E-state index >= 15 is 0 Å². The smallest absolute Gasteiger partial charge is 0.381 e. The summed E-state index contributed by atoms with van der Waals surface area (Å²) in [6.07, 6.45) is 2.90. The Morgan fingerprint density at radius 2 is 2.14 bits per heavy atom. The fraction of sp³-hybridized carbons (Fsp3) is 0.286. The first-order chi connectivity index (χ1) is 10.1. The number of carbonyl (C=O) groups excluding carboxylic acids is 1. The number of rotatable bonds is 6. The summed E-state index contributed by atoms with van der Waals surface area (Å²) in [6.45, 7) is 1.97. The zero-order chi connectivity index (χ0) is 15.2. The van der Waals surface area contributed by atoms with Crippen molar-refractivity contribution in [1.82, 2.24) is 9.55 Å². The quantitative estimate of drug-likeness (QED) is 0.462. The molecule has 110 valence electrons. The molecular weight excluding hydrogens is 274 g/mol. The van der Waals surface area contributed by atoms with Crippen molar-refractivity contribution < 1.29 is 14.5 Å². The van der Waals surface area contributed by atoms with Crippen LogP contribution in [0, 0.1) is 10.1 Å². The SMILES string of the molecule is CCOC(=O)[C@H](Cc1ccccc1)n1cnc([N+](=O)[O-])c1. The zero-order valence-corrected chi connectivity index (χ0v) is 11.5. The summed E-state index contributed by atoms with van der Waals surface area (Å²) in [5.74, 6) is -0.731. The lowest BCUT2D eigenvalue weighted by Crippen LogP contribution is -2.23. The van der Waals surface area contributed by atoms with Gasteiger partial charge in [0.15, 0.2) is 0 Å². The number of aromatic nitrogens is 2. The Labute approximate surface area is 121 Å². The number of nitro groups is 1. The third kappa shape index (κ3) is 3.65. The first-order valence-electron chi connectivity index (χ1n) is 6.50. The van der Waals surface area contributed by atoms with Gasteiger partial charge in [-0.1, -0.05) is 30.3 Å². The van der Waals surface area contributed by atoms with Crippen LogP contribution in [0.3, 0.4) is 0 Å². The minimum atomic E-state index is -0.673. The Bertz CT molecular complexity index is 624. The van der Waals surface area contributed by atoms with Gasteiger partial charge in [-0.2, -0.15) is 0 Å². The van der Waals surface area contributed by atoms with Crippen LogP contribution in [0.15, 0.2) is 42.9 Å². The number of hydrogen-bond acceptors (Lipinski definition) is 5. The van der Waals surface area contributed by atoms with Crippen molar-refractivity contribution in [3.8, 4) is 0 Å². The molecule has 0 spiro atoms. The van der Waals surface area contributed by atoms with Gasteiger partial charge in [0.1, 0.15) is 12.2 Å². The summed E-state index contributed by atoms with van der Waals surface area (Å²) >= 11 is 0. The van der Waals surface area contributed by atoms with Gasteiger partial charge in [-0.25, -0.2) is 4.79 Å². The molecule has 21 heavy (non-hydrogen) atoms. The van der Waals surface area contributed by atoms with Gasteiger partial charge in [0, 0.05) is 6.42 Å². The molecule has 0 amide bonds. The highest BCUT2D eigenvalue weighted by atomic mass is 16.6. The number of carbonyl (C=O) groups is 1. The highest BCUT2D eigenvalue weighted by Gasteiger charge is 2.25. The number of nitrogens with zero attached hydrogens (tertiary/aromatic N) is 3. The molecule has 0 saturated heterocycles. The van der Waals surface area contributed by atoms with E-state index in [2.05, 4.69) is 4.98 Å². The maximum Gasteiger partial charge on any atom is 0.381 e. The maximum atomic E-state index is 12.1. The minimum Gasteiger partial charge on any atom is -0.464 e. The number of esters is 1. The molecule has 0 unspecified atom stereocenters. The van der Waals surface area contributed by atoms with Crippen molar-refractivity contribution in [1.29, 1.82) is 0 Å². The van der Waals surface area contributed by atoms with Crippen molar-refractivity contribution >= 4 is 11.8 Å². The van der Waals surface area contributed by atoms with Crippen molar-refractivity contribution in [2.24, 2.45) is 0 Å². The Balaban J connectivity index is 2.26. The summed E-state index contributed by atoms with van der Waals surface area (Å²) < 4.78 is 6.46. The minimum absolute atomic E-state index is 0.251. The highest BCUT2D eigenvalue weighted by molar-refractivity contribution is 5.74. The van der Waals surface area contributed by atoms with Crippen molar-refractivity contribution in [2.45, 2.75) is 19.4 Å². The van der Waals surface area contributed by atoms with Crippen LogP contribution in [0.4, 0.5) is 5.82 Å². The Morgan fingerprint density at radius 1 is 1.43 bits per heavy atom. The summed E-state index contributed by atoms with van der Waals surface area (Å²) in [4.78, 5) is 25.9. The second kappa shape index (κ2) is 6.65. The van der Waals surface area contributed by atoms with Crippen LogP contribution in [0.2, 0.25) is 0 Å². The molecule has 0 aliphatic heterocycles. The fourth-order valence-electron chi connectivity index (χ4n) is 1.98. The van der Waals surface area contributed by atoms with Crippen LogP contribution in [-0.4, -0.2) is 27.1 Å². The molecule has 1 aromatic heterocycles. The number of benzene rings is 1. The first-order valence-corrected chi connectivity index (χ1v) is 6.50. The van der Waals surface area contributed by atoms with Crippen LogP contribution >= 0.6 is 0 Å². The van der Waals surface area contributed by atoms with E-state index in [4.69, 9.17) is 4.74 Å². The van der Waals surface area contributed by atoms with Crippen LogP contribution in [0.1, 0.15) is 18.5 Å². The van der Waals surface area contributed by atoms with Gasteiger partial charge in [-0.05, 0) is 22.4 Å². The predicted molar refractivity (Wildman–Crippen MR) is 74.7 cm³/mol. The van der Waals surface area contributed by atoms with Gasteiger partial charge in [-0.15, -0.1) is 0 Å². The van der Waals surface area contributed by atoms with Gasteiger partial charge in [0.25, 0.3) is 0 Å². The topological polar surface area (TPSA) is 87.3 Å². The van der Waals surface area contributed by atoms with E-state index in [0.29, 0.717) is 6.42 Å². The Morgan fingerprint density at radius 3 is 2.71 bits per heavy atom. The largest absolute Gasteiger partial charge is 0.464 e. The third-order valence-electron chi connectivity index (χ3n) is 2.97. The lowest BCUT2D eigenvalue weighted by atomic mass is 10.1. The monoisotopic (exact) mass is 289 g/mol. The molecule has 0 aliphatic carbocycles. The van der Waals surface area contributed by atoms with Crippen molar-refractivity contribution in [2.75, 3.05) is 6.61 Å². The van der Waals surface area contributed by atoms with Gasteiger partial charge in [-0.3, -0.25) is 4.57 Å². The molecule has 7 heteroatoms. The standard InChI is InChI=1S/C14H15N3O4/c1-2-21-14(18)12(8-11-6-4-3-5-7-11)16-9-13(15-10-16)17(19)20/h3-7,9-10,12H,2,8H2,1H3/t12-/m0/s1. The van der Waals surface area contributed by atoms with Crippen LogP contribution in [0.5, 0.6) is 0 Å². The van der Waals surface area contributed by atoms with Gasteiger partial charge >= 0.3 is 11.8 Å². The molecule has 7 nitrogen and oxygen atoms in total. The van der Waals surface area contributed by atoms with E-state index in [9.17, 15) is 14.9 Å². The molecule has 1 atom stereocenters. The average Bonchev–Trinajstić information content (AvgIpc) is 2.96. The van der Waals surface area contributed by atoms with E-state index in [1.54, 1.807) is 6.92 Å². The lowest BCUT2D eigenvalue weighted by molar-refractivity contribution is -0.389. The number of ether oxygens (including phenoxy) is 1. The van der Waals surface area contributed by atoms with Gasteiger partial charge in [0.2, 0.25) is 6.33 Å². The van der Waals surface area contributed by atoms with E-state index in [0.717, 1.165) is 5.56 Å². The lowest BCUT2D eigenvalue weighted by Gasteiger charge is -2.15. The van der Waals surface area contributed by atoms with Crippen molar-refractivity contribution in [3.63, 3.8) is 0 Å².